The average molecular weight is 125 g/mol. The minimum absolute atomic E-state index is 0.301. The first-order valence-corrected chi connectivity index (χ1v) is 3.15. The first-order valence-electron chi connectivity index (χ1n) is 3.15. The number of rotatable bonds is 1. The van der Waals surface area contributed by atoms with Crippen LogP contribution in [0.15, 0.2) is 16.9 Å². The van der Waals surface area contributed by atoms with Crippen molar-refractivity contribution in [2.45, 2.75) is 25.3 Å². The fourth-order valence-corrected chi connectivity index (χ4v) is 0.942. The highest BCUT2D eigenvalue weighted by Gasteiger charge is 2.08. The fraction of sp³-hybridized carbons (Fsp3) is 0.667. The highest BCUT2D eigenvalue weighted by molar-refractivity contribution is 5.04. The highest BCUT2D eigenvalue weighted by atomic mass is 15.0. The van der Waals surface area contributed by atoms with Crippen LogP contribution in [0, 0.1) is 5.53 Å². The van der Waals surface area contributed by atoms with Crippen LogP contribution in [0.5, 0.6) is 0 Å². The van der Waals surface area contributed by atoms with Crippen LogP contribution in [-0.4, -0.2) is 6.04 Å². The van der Waals surface area contributed by atoms with Crippen LogP contribution < -0.4 is 5.73 Å². The Bertz CT molecular complexity index is 139. The summed E-state index contributed by atoms with van der Waals surface area (Å²) in [6.07, 6.45) is 4.69. The van der Waals surface area contributed by atoms with Crippen molar-refractivity contribution in [1.29, 1.82) is 5.53 Å². The van der Waals surface area contributed by atoms with Crippen LogP contribution in [-0.2, 0) is 0 Å². The first kappa shape index (κ1) is 6.42. The van der Waals surface area contributed by atoms with Crippen molar-refractivity contribution >= 4 is 0 Å². The minimum Gasteiger partial charge on any atom is -0.327 e. The largest absolute Gasteiger partial charge is 0.327 e. The summed E-state index contributed by atoms with van der Waals surface area (Å²) < 4.78 is 0. The smallest absolute Gasteiger partial charge is 0.0585 e. The van der Waals surface area contributed by atoms with Crippen LogP contribution in [0.3, 0.4) is 0 Å². The van der Waals surface area contributed by atoms with E-state index >= 15 is 0 Å². The first-order chi connectivity index (χ1) is 4.33. The molecule has 1 aliphatic rings. The van der Waals surface area contributed by atoms with Crippen molar-refractivity contribution in [3.8, 4) is 0 Å². The van der Waals surface area contributed by atoms with Gasteiger partial charge in [-0.1, -0.05) is 6.08 Å². The molecule has 1 rings (SSSR count). The van der Waals surface area contributed by atoms with Gasteiger partial charge < -0.3 is 5.73 Å². The number of nitrogens with two attached hydrogens (primary N) is 1. The molecule has 50 valence electrons. The van der Waals surface area contributed by atoms with Crippen LogP contribution in [0.25, 0.3) is 0 Å². The van der Waals surface area contributed by atoms with E-state index in [0.717, 1.165) is 25.0 Å². The Labute approximate surface area is 54.4 Å². The second-order valence-electron chi connectivity index (χ2n) is 2.34. The van der Waals surface area contributed by atoms with E-state index in [1.165, 1.54) is 0 Å². The molecule has 1 atom stereocenters. The molecule has 3 heteroatoms. The maximum Gasteiger partial charge on any atom is 0.0585 e. The van der Waals surface area contributed by atoms with E-state index in [1.807, 2.05) is 6.08 Å². The van der Waals surface area contributed by atoms with Crippen LogP contribution in [0.4, 0.5) is 0 Å². The Morgan fingerprint density at radius 3 is 3.00 bits per heavy atom. The fourth-order valence-electron chi connectivity index (χ4n) is 0.942. The quantitative estimate of drug-likeness (QED) is 0.511. The monoisotopic (exact) mass is 125 g/mol. The van der Waals surface area contributed by atoms with E-state index in [2.05, 4.69) is 5.11 Å². The Morgan fingerprint density at radius 2 is 2.56 bits per heavy atom. The zero-order valence-corrected chi connectivity index (χ0v) is 5.30. The number of nitrogens with one attached hydrogen (secondary N) is 1. The standard InChI is InChI=1S/C6H11N3/c7-5-1-3-6(9-8)4-2-5/h3,5,8H,1-2,4,7H2. The Balaban J connectivity index is 2.49. The molecule has 0 aliphatic heterocycles. The van der Waals surface area contributed by atoms with Gasteiger partial charge in [-0.25, -0.2) is 5.53 Å². The van der Waals surface area contributed by atoms with E-state index in [-0.39, 0.29) is 0 Å². The van der Waals surface area contributed by atoms with Gasteiger partial charge in [-0.2, -0.15) is 5.11 Å². The molecule has 0 fully saturated rings. The SMILES string of the molecule is N=NC1=CCC(N)CC1. The molecule has 0 saturated heterocycles. The lowest BCUT2D eigenvalue weighted by molar-refractivity contribution is 0.582. The van der Waals surface area contributed by atoms with E-state index in [1.54, 1.807) is 0 Å². The summed E-state index contributed by atoms with van der Waals surface area (Å²) >= 11 is 0. The molecular formula is C6H11N3. The lowest BCUT2D eigenvalue weighted by Gasteiger charge is -2.13. The summed E-state index contributed by atoms with van der Waals surface area (Å²) in [5, 5.41) is 3.34. The van der Waals surface area contributed by atoms with Crippen molar-refractivity contribution in [2.75, 3.05) is 0 Å². The van der Waals surface area contributed by atoms with Crippen molar-refractivity contribution in [3.05, 3.63) is 11.8 Å². The molecule has 0 aromatic carbocycles. The van der Waals surface area contributed by atoms with Gasteiger partial charge in [-0.05, 0) is 19.3 Å². The molecule has 0 bridgehead atoms. The normalized spacial score (nSPS) is 27.2. The molecule has 3 N–H and O–H groups in total. The molecule has 0 saturated carbocycles. The predicted molar refractivity (Wildman–Crippen MR) is 35.1 cm³/mol. The third kappa shape index (κ3) is 1.61. The van der Waals surface area contributed by atoms with Gasteiger partial charge in [0.2, 0.25) is 0 Å². The molecule has 0 amide bonds. The molecule has 1 aliphatic carbocycles. The second-order valence-corrected chi connectivity index (χ2v) is 2.34. The summed E-state index contributed by atoms with van der Waals surface area (Å²) in [5.74, 6) is 0. The molecule has 1 unspecified atom stereocenters. The van der Waals surface area contributed by atoms with Gasteiger partial charge >= 0.3 is 0 Å². The van der Waals surface area contributed by atoms with Crippen molar-refractivity contribution in [1.82, 2.24) is 0 Å². The van der Waals surface area contributed by atoms with Gasteiger partial charge in [0.05, 0.1) is 5.70 Å². The molecule has 9 heavy (non-hydrogen) atoms. The van der Waals surface area contributed by atoms with Gasteiger partial charge in [-0.15, -0.1) is 0 Å². The van der Waals surface area contributed by atoms with E-state index in [4.69, 9.17) is 11.3 Å². The van der Waals surface area contributed by atoms with Gasteiger partial charge in [0, 0.05) is 6.04 Å². The summed E-state index contributed by atoms with van der Waals surface area (Å²) in [6, 6.07) is 0.301. The third-order valence-electron chi connectivity index (χ3n) is 1.57. The zero-order chi connectivity index (χ0) is 6.69. The summed E-state index contributed by atoms with van der Waals surface area (Å²) in [5.41, 5.74) is 13.2. The third-order valence-corrected chi connectivity index (χ3v) is 1.57. The van der Waals surface area contributed by atoms with Gasteiger partial charge in [0.15, 0.2) is 0 Å². The summed E-state index contributed by atoms with van der Waals surface area (Å²) in [6.45, 7) is 0. The second kappa shape index (κ2) is 2.73. The lowest BCUT2D eigenvalue weighted by Crippen LogP contribution is -2.21. The van der Waals surface area contributed by atoms with Crippen molar-refractivity contribution in [3.63, 3.8) is 0 Å². The van der Waals surface area contributed by atoms with Crippen molar-refractivity contribution < 1.29 is 0 Å². The number of hydrogen-bond donors (Lipinski definition) is 2. The molecule has 3 nitrogen and oxygen atoms in total. The molecule has 0 spiro atoms. The van der Waals surface area contributed by atoms with Crippen molar-refractivity contribution in [2.24, 2.45) is 10.8 Å². The maximum absolute atomic E-state index is 6.68. The molecular weight excluding hydrogens is 114 g/mol. The Kier molecular flexibility index (Phi) is 1.95. The Morgan fingerprint density at radius 1 is 1.78 bits per heavy atom. The van der Waals surface area contributed by atoms with E-state index in [0.29, 0.717) is 6.04 Å². The topological polar surface area (TPSA) is 62.2 Å². The molecule has 0 aromatic rings. The molecule has 0 radical (unpaired) electrons. The van der Waals surface area contributed by atoms with Gasteiger partial charge in [0.1, 0.15) is 0 Å². The Hall–Kier alpha value is -0.700. The number of allylic oxidation sites excluding steroid dienone is 1. The van der Waals surface area contributed by atoms with E-state index < -0.39 is 0 Å². The van der Waals surface area contributed by atoms with Gasteiger partial charge in [-0.3, -0.25) is 0 Å². The lowest BCUT2D eigenvalue weighted by atomic mass is 10.0. The van der Waals surface area contributed by atoms with Crippen LogP contribution >= 0.6 is 0 Å². The average Bonchev–Trinajstić information content (AvgIpc) is 1.90. The highest BCUT2D eigenvalue weighted by Crippen LogP contribution is 2.16. The van der Waals surface area contributed by atoms with Crippen LogP contribution in [0.2, 0.25) is 0 Å². The summed E-state index contributed by atoms with van der Waals surface area (Å²) in [4.78, 5) is 0. The van der Waals surface area contributed by atoms with Gasteiger partial charge in [0.25, 0.3) is 0 Å². The summed E-state index contributed by atoms with van der Waals surface area (Å²) in [7, 11) is 0. The predicted octanol–water partition coefficient (Wildman–Crippen LogP) is 1.41. The minimum atomic E-state index is 0.301. The number of hydrogen-bond acceptors (Lipinski definition) is 3. The number of nitrogens with zero attached hydrogens (tertiary/aromatic N) is 1. The molecule has 0 aromatic heterocycles. The van der Waals surface area contributed by atoms with Crippen LogP contribution in [0.1, 0.15) is 19.3 Å². The van der Waals surface area contributed by atoms with E-state index in [9.17, 15) is 0 Å². The maximum atomic E-state index is 6.68. The zero-order valence-electron chi connectivity index (χ0n) is 5.30. The molecule has 0 heterocycles.